The zero-order valence-electron chi connectivity index (χ0n) is 19.9. The van der Waals surface area contributed by atoms with Gasteiger partial charge in [-0.1, -0.05) is 60.2 Å². The van der Waals surface area contributed by atoms with E-state index in [2.05, 4.69) is 11.6 Å². The van der Waals surface area contributed by atoms with Crippen molar-refractivity contribution in [1.82, 2.24) is 0 Å². The predicted molar refractivity (Wildman–Crippen MR) is 139 cm³/mol. The topological polar surface area (TPSA) is 67.8 Å². The van der Waals surface area contributed by atoms with Gasteiger partial charge in [0, 0.05) is 24.2 Å². The zero-order valence-corrected chi connectivity index (χ0v) is 20.6. The van der Waals surface area contributed by atoms with E-state index >= 15 is 0 Å². The van der Waals surface area contributed by atoms with Crippen LogP contribution in [0, 0.1) is 0 Å². The van der Waals surface area contributed by atoms with Gasteiger partial charge in [-0.2, -0.15) is 13.2 Å². The first-order valence-corrected chi connectivity index (χ1v) is 11.4. The van der Waals surface area contributed by atoms with Crippen molar-refractivity contribution < 1.29 is 23.0 Å². The third kappa shape index (κ3) is 6.36. The standard InChI is InChI=1S/C28H26ClF3N2O2/c1-17(2)23(14-25(34-3)28(30,31)32)22-12-13-24(36-16-19-6-10-21(29)11-7-19)26(27(22)35)20-8-4-18(15-33)5-9-20/h4-14,35H,1,15-16,33H2,2-3H3/b23-14+,34-25+. The normalized spacial score (nSPS) is 12.5. The van der Waals surface area contributed by atoms with Crippen molar-refractivity contribution in [3.05, 3.63) is 101 Å². The molecule has 3 N–H and O–H groups in total. The van der Waals surface area contributed by atoms with Gasteiger partial charge in [0.15, 0.2) is 0 Å². The number of hydrogen-bond donors (Lipinski definition) is 2. The number of nitrogens with zero attached hydrogens (tertiary/aromatic N) is 1. The number of nitrogens with two attached hydrogens (primary N) is 1. The van der Waals surface area contributed by atoms with Gasteiger partial charge in [0.25, 0.3) is 0 Å². The van der Waals surface area contributed by atoms with Crippen LogP contribution in [0.5, 0.6) is 11.5 Å². The molecule has 0 fully saturated rings. The fourth-order valence-corrected chi connectivity index (χ4v) is 3.71. The molecule has 3 rings (SSSR count). The molecule has 0 saturated heterocycles. The number of halogens is 4. The van der Waals surface area contributed by atoms with Gasteiger partial charge in [-0.15, -0.1) is 0 Å². The van der Waals surface area contributed by atoms with E-state index in [1.54, 1.807) is 37.3 Å². The number of alkyl halides is 3. The Kier molecular flexibility index (Phi) is 8.61. The quantitative estimate of drug-likeness (QED) is 0.244. The molecule has 0 heterocycles. The molecule has 3 aromatic carbocycles. The molecule has 188 valence electrons. The molecule has 0 radical (unpaired) electrons. The lowest BCUT2D eigenvalue weighted by molar-refractivity contribution is -0.0577. The number of phenols is 1. The molecule has 0 aliphatic carbocycles. The van der Waals surface area contributed by atoms with Crippen LogP contribution in [0.1, 0.15) is 23.6 Å². The van der Waals surface area contributed by atoms with Crippen LogP contribution >= 0.6 is 11.6 Å². The van der Waals surface area contributed by atoms with Crippen LogP contribution in [0.3, 0.4) is 0 Å². The van der Waals surface area contributed by atoms with Crippen molar-refractivity contribution in [3.63, 3.8) is 0 Å². The second kappa shape index (κ2) is 11.5. The highest BCUT2D eigenvalue weighted by Crippen LogP contribution is 2.44. The van der Waals surface area contributed by atoms with Gasteiger partial charge in [0.2, 0.25) is 0 Å². The van der Waals surface area contributed by atoms with E-state index in [0.717, 1.165) is 24.3 Å². The summed E-state index contributed by atoms with van der Waals surface area (Å²) in [5.41, 5.74) is 7.91. The lowest BCUT2D eigenvalue weighted by atomic mass is 9.92. The Hall–Kier alpha value is -3.55. The molecule has 0 aliphatic rings. The number of rotatable bonds is 8. The second-order valence-electron chi connectivity index (χ2n) is 8.10. The Bertz CT molecular complexity index is 1300. The number of allylic oxidation sites excluding steroid dienone is 3. The van der Waals surface area contributed by atoms with Gasteiger partial charge in [0.05, 0.1) is 5.56 Å². The maximum absolute atomic E-state index is 13.4. The maximum atomic E-state index is 13.4. The van der Waals surface area contributed by atoms with E-state index in [9.17, 15) is 18.3 Å². The highest BCUT2D eigenvalue weighted by molar-refractivity contribution is 6.30. The first-order valence-electron chi connectivity index (χ1n) is 11.0. The van der Waals surface area contributed by atoms with Gasteiger partial charge in [-0.05, 0) is 59.5 Å². The van der Waals surface area contributed by atoms with Crippen LogP contribution < -0.4 is 10.5 Å². The number of phenolic OH excluding ortho intramolecular Hbond substituents is 1. The number of benzene rings is 3. The van der Waals surface area contributed by atoms with Crippen molar-refractivity contribution >= 4 is 22.9 Å². The van der Waals surface area contributed by atoms with Crippen LogP contribution in [-0.2, 0) is 13.2 Å². The first-order chi connectivity index (χ1) is 17.0. The molecule has 0 bridgehead atoms. The Balaban J connectivity index is 2.15. The Morgan fingerprint density at radius 2 is 1.67 bits per heavy atom. The number of hydrogen-bond acceptors (Lipinski definition) is 4. The Morgan fingerprint density at radius 3 is 2.19 bits per heavy atom. The molecule has 4 nitrogen and oxygen atoms in total. The SMILES string of the molecule is C=C(C)/C(=C\C(=N/C)C(F)(F)F)c1ccc(OCc2ccc(Cl)cc2)c(-c2ccc(CN)cc2)c1O. The van der Waals surface area contributed by atoms with Gasteiger partial charge in [0.1, 0.15) is 23.8 Å². The minimum Gasteiger partial charge on any atom is -0.507 e. The molecule has 0 unspecified atom stereocenters. The van der Waals surface area contributed by atoms with E-state index in [1.165, 1.54) is 6.07 Å². The summed E-state index contributed by atoms with van der Waals surface area (Å²) >= 11 is 5.95. The summed E-state index contributed by atoms with van der Waals surface area (Å²) < 4.78 is 46.3. The van der Waals surface area contributed by atoms with E-state index in [4.69, 9.17) is 22.1 Å². The fraction of sp³-hybridized carbons (Fsp3) is 0.179. The fourth-order valence-electron chi connectivity index (χ4n) is 3.58. The van der Waals surface area contributed by atoms with E-state index in [1.807, 2.05) is 24.3 Å². The summed E-state index contributed by atoms with van der Waals surface area (Å²) in [6.07, 6.45) is -3.78. The molecule has 0 amide bonds. The van der Waals surface area contributed by atoms with Gasteiger partial charge >= 0.3 is 6.18 Å². The van der Waals surface area contributed by atoms with Crippen molar-refractivity contribution in [2.45, 2.75) is 26.3 Å². The minimum absolute atomic E-state index is 0.106. The molecule has 3 aromatic rings. The number of ether oxygens (including phenoxy) is 1. The Morgan fingerprint density at radius 1 is 1.06 bits per heavy atom. The molecule has 0 atom stereocenters. The predicted octanol–water partition coefficient (Wildman–Crippen LogP) is 7.34. The third-order valence-corrected chi connectivity index (χ3v) is 5.74. The highest BCUT2D eigenvalue weighted by atomic mass is 35.5. The molecule has 8 heteroatoms. The molecule has 36 heavy (non-hydrogen) atoms. The summed E-state index contributed by atoms with van der Waals surface area (Å²) in [6, 6.07) is 17.4. The summed E-state index contributed by atoms with van der Waals surface area (Å²) in [4.78, 5) is 3.37. The second-order valence-corrected chi connectivity index (χ2v) is 8.53. The smallest absolute Gasteiger partial charge is 0.432 e. The highest BCUT2D eigenvalue weighted by Gasteiger charge is 2.34. The van der Waals surface area contributed by atoms with Gasteiger partial charge in [-0.3, -0.25) is 4.99 Å². The summed E-state index contributed by atoms with van der Waals surface area (Å²) in [5.74, 6) is 0.115. The third-order valence-electron chi connectivity index (χ3n) is 5.49. The van der Waals surface area contributed by atoms with Crippen LogP contribution in [0.2, 0.25) is 5.02 Å². The summed E-state index contributed by atoms with van der Waals surface area (Å²) in [6.45, 7) is 5.91. The zero-order chi connectivity index (χ0) is 26.5. The molecular weight excluding hydrogens is 489 g/mol. The van der Waals surface area contributed by atoms with Crippen molar-refractivity contribution in [2.75, 3.05) is 7.05 Å². The van der Waals surface area contributed by atoms with E-state index in [0.29, 0.717) is 34.0 Å². The van der Waals surface area contributed by atoms with Crippen LogP contribution in [0.4, 0.5) is 13.2 Å². The first kappa shape index (κ1) is 27.0. The number of aromatic hydroxyl groups is 1. The van der Waals surface area contributed by atoms with Crippen LogP contribution in [0.25, 0.3) is 16.7 Å². The van der Waals surface area contributed by atoms with Crippen LogP contribution in [-0.4, -0.2) is 24.0 Å². The van der Waals surface area contributed by atoms with Crippen LogP contribution in [0.15, 0.2) is 83.9 Å². The maximum Gasteiger partial charge on any atom is 0.432 e. The minimum atomic E-state index is -4.66. The molecule has 0 spiro atoms. The summed E-state index contributed by atoms with van der Waals surface area (Å²) in [5, 5.41) is 12.0. The number of aliphatic imine (C=N–C) groups is 1. The lowest BCUT2D eigenvalue weighted by Gasteiger charge is -2.19. The Labute approximate surface area is 213 Å². The molecule has 0 aromatic heterocycles. The summed E-state index contributed by atoms with van der Waals surface area (Å²) in [7, 11) is 1.06. The molecular formula is C28H26ClF3N2O2. The van der Waals surface area contributed by atoms with E-state index < -0.39 is 11.9 Å². The average molecular weight is 515 g/mol. The van der Waals surface area contributed by atoms with Crippen molar-refractivity contribution in [3.8, 4) is 22.6 Å². The van der Waals surface area contributed by atoms with Crippen molar-refractivity contribution in [1.29, 1.82) is 0 Å². The van der Waals surface area contributed by atoms with Gasteiger partial charge < -0.3 is 15.6 Å². The monoisotopic (exact) mass is 514 g/mol. The van der Waals surface area contributed by atoms with Gasteiger partial charge in [-0.25, -0.2) is 0 Å². The van der Waals surface area contributed by atoms with Crippen molar-refractivity contribution in [2.24, 2.45) is 10.7 Å². The average Bonchev–Trinajstić information content (AvgIpc) is 2.84. The lowest BCUT2D eigenvalue weighted by Crippen LogP contribution is -2.21. The largest absolute Gasteiger partial charge is 0.507 e. The van der Waals surface area contributed by atoms with E-state index in [-0.39, 0.29) is 23.5 Å². The molecule has 0 saturated carbocycles. The molecule has 0 aliphatic heterocycles.